The normalized spacial score (nSPS) is 17.2. The van der Waals surface area contributed by atoms with Crippen LogP contribution in [0.5, 0.6) is 0 Å². The van der Waals surface area contributed by atoms with Crippen LogP contribution in [-0.4, -0.2) is 47.0 Å². The van der Waals surface area contributed by atoms with Gasteiger partial charge in [-0.05, 0) is 25.1 Å². The van der Waals surface area contributed by atoms with Crippen LogP contribution in [0, 0.1) is 0 Å². The molecule has 0 spiro atoms. The Balaban J connectivity index is 1.63. The molecular weight excluding hydrogens is 446 g/mol. The zero-order valence-corrected chi connectivity index (χ0v) is 17.4. The summed E-state index contributed by atoms with van der Waals surface area (Å²) in [5, 5.41) is 14.7. The maximum Gasteiger partial charge on any atom is 0.292 e. The number of aliphatic hydroxyl groups excluding tert-OH is 1. The van der Waals surface area contributed by atoms with Crippen molar-refractivity contribution < 1.29 is 23.1 Å². The lowest BCUT2D eigenvalue weighted by atomic mass is 9.99. The molecule has 4 aromatic rings. The van der Waals surface area contributed by atoms with Crippen molar-refractivity contribution in [1.82, 2.24) is 29.5 Å². The Hall–Kier alpha value is -3.31. The number of nitrogens with zero attached hydrogens (tertiary/aromatic N) is 5. The third-order valence-corrected chi connectivity index (χ3v) is 5.68. The van der Waals surface area contributed by atoms with Crippen molar-refractivity contribution in [2.75, 3.05) is 6.54 Å². The van der Waals surface area contributed by atoms with E-state index in [2.05, 4.69) is 20.1 Å². The molecule has 1 aliphatic rings. The number of pyridine rings is 1. The number of carbonyl (C=O) groups excluding carboxylic acids is 1. The first-order valence-electron chi connectivity index (χ1n) is 9.79. The molecule has 0 aromatic carbocycles. The minimum absolute atomic E-state index is 0.202. The van der Waals surface area contributed by atoms with Gasteiger partial charge in [-0.15, -0.1) is 0 Å². The Kier molecular flexibility index (Phi) is 4.94. The topological polar surface area (TPSA) is 113 Å². The van der Waals surface area contributed by atoms with Gasteiger partial charge in [0.2, 0.25) is 11.7 Å². The molecule has 0 radical (unpaired) electrons. The number of hydrogen-bond donors (Lipinski definition) is 2. The van der Waals surface area contributed by atoms with Gasteiger partial charge in [0.15, 0.2) is 5.69 Å². The molecule has 12 heteroatoms. The van der Waals surface area contributed by atoms with Crippen LogP contribution in [0.2, 0.25) is 5.02 Å². The number of alkyl halides is 2. The number of aliphatic hydroxyl groups is 1. The van der Waals surface area contributed by atoms with Crippen LogP contribution >= 0.6 is 11.6 Å². The number of H-pyrrole nitrogens is 1. The Morgan fingerprint density at radius 2 is 2.25 bits per heavy atom. The Morgan fingerprint density at radius 1 is 1.44 bits per heavy atom. The summed E-state index contributed by atoms with van der Waals surface area (Å²) in [6, 6.07) is 4.41. The molecule has 32 heavy (non-hydrogen) atoms. The molecule has 0 fully saturated rings. The van der Waals surface area contributed by atoms with Crippen molar-refractivity contribution in [2.45, 2.75) is 31.9 Å². The minimum atomic E-state index is -3.05. The van der Waals surface area contributed by atoms with E-state index in [-0.39, 0.29) is 12.4 Å². The number of imidazole rings is 1. The average molecular weight is 463 g/mol. The molecule has 2 N–H and O–H groups in total. The highest BCUT2D eigenvalue weighted by molar-refractivity contribution is 6.33. The summed E-state index contributed by atoms with van der Waals surface area (Å²) >= 11 is 6.28. The molecule has 2 atom stereocenters. The highest BCUT2D eigenvalue weighted by atomic mass is 35.5. The molecule has 9 nitrogen and oxygen atoms in total. The second-order valence-corrected chi connectivity index (χ2v) is 7.82. The number of rotatable bonds is 4. The standard InChI is InChI=1S/C20H17ClF2N6O3/c1-9(30)19-26-15(18(22)23)17(32-19)20(31)28-6-4-11-14(25-8-24-11)16(28)12-7-13-10(21)3-2-5-29(13)27-12/h2-3,5,7-9,16,18,30H,4,6H2,1H3,(H,24,25)/t9-,16-/m1/s1. The molecule has 5 rings (SSSR count). The lowest BCUT2D eigenvalue weighted by molar-refractivity contribution is 0.0631. The highest BCUT2D eigenvalue weighted by Crippen LogP contribution is 2.36. The van der Waals surface area contributed by atoms with Crippen LogP contribution in [-0.2, 0) is 6.42 Å². The van der Waals surface area contributed by atoms with Crippen LogP contribution in [0.4, 0.5) is 8.78 Å². The van der Waals surface area contributed by atoms with Gasteiger partial charge in [-0.1, -0.05) is 11.6 Å². The molecule has 0 saturated carbocycles. The highest BCUT2D eigenvalue weighted by Gasteiger charge is 2.40. The van der Waals surface area contributed by atoms with Crippen molar-refractivity contribution in [3.63, 3.8) is 0 Å². The summed E-state index contributed by atoms with van der Waals surface area (Å²) in [5.74, 6) is -1.75. The summed E-state index contributed by atoms with van der Waals surface area (Å²) in [7, 11) is 0. The van der Waals surface area contributed by atoms with Gasteiger partial charge in [-0.3, -0.25) is 4.79 Å². The van der Waals surface area contributed by atoms with Crippen molar-refractivity contribution >= 4 is 23.0 Å². The number of hydrogen-bond acceptors (Lipinski definition) is 6. The van der Waals surface area contributed by atoms with Gasteiger partial charge in [-0.2, -0.15) is 5.10 Å². The van der Waals surface area contributed by atoms with E-state index in [1.807, 2.05) is 0 Å². The Labute approximate surface area is 184 Å². The number of amides is 1. The lowest BCUT2D eigenvalue weighted by Gasteiger charge is -2.33. The molecule has 1 aliphatic heterocycles. The van der Waals surface area contributed by atoms with Crippen molar-refractivity contribution in [3.8, 4) is 0 Å². The largest absolute Gasteiger partial charge is 0.432 e. The fourth-order valence-electron chi connectivity index (χ4n) is 3.89. The molecule has 166 valence electrons. The zero-order chi connectivity index (χ0) is 22.6. The molecule has 4 aromatic heterocycles. The lowest BCUT2D eigenvalue weighted by Crippen LogP contribution is -2.41. The number of carbonyl (C=O) groups is 1. The van der Waals surface area contributed by atoms with E-state index >= 15 is 0 Å². The Morgan fingerprint density at radius 3 is 2.97 bits per heavy atom. The van der Waals surface area contributed by atoms with E-state index in [9.17, 15) is 18.7 Å². The van der Waals surface area contributed by atoms with E-state index in [4.69, 9.17) is 16.0 Å². The molecule has 0 bridgehead atoms. The maximum atomic E-state index is 13.6. The van der Waals surface area contributed by atoms with Crippen molar-refractivity contribution in [2.24, 2.45) is 0 Å². The number of halogens is 3. The first-order valence-corrected chi connectivity index (χ1v) is 10.2. The van der Waals surface area contributed by atoms with E-state index in [1.165, 1.54) is 18.2 Å². The van der Waals surface area contributed by atoms with Crippen LogP contribution in [0.15, 0.2) is 35.1 Å². The first kappa shape index (κ1) is 20.6. The number of nitrogens with one attached hydrogen (secondary N) is 1. The summed E-state index contributed by atoms with van der Waals surface area (Å²) in [5.41, 5.74) is 1.66. The number of fused-ring (bicyclic) bond motifs is 2. The van der Waals surface area contributed by atoms with Gasteiger partial charge in [0.25, 0.3) is 12.3 Å². The van der Waals surface area contributed by atoms with Crippen LogP contribution < -0.4 is 0 Å². The predicted molar refractivity (Wildman–Crippen MR) is 107 cm³/mol. The van der Waals surface area contributed by atoms with E-state index in [1.54, 1.807) is 28.9 Å². The average Bonchev–Trinajstić information content (AvgIpc) is 3.49. The smallest absolute Gasteiger partial charge is 0.292 e. The van der Waals surface area contributed by atoms with Gasteiger partial charge in [-0.25, -0.2) is 23.3 Å². The second-order valence-electron chi connectivity index (χ2n) is 7.42. The quantitative estimate of drug-likeness (QED) is 0.480. The molecule has 1 amide bonds. The van der Waals surface area contributed by atoms with Crippen molar-refractivity contribution in [3.05, 3.63) is 70.2 Å². The predicted octanol–water partition coefficient (Wildman–Crippen LogP) is 3.48. The fraction of sp³-hybridized carbons (Fsp3) is 0.300. The van der Waals surface area contributed by atoms with E-state index in [0.717, 1.165) is 5.69 Å². The van der Waals surface area contributed by atoms with Gasteiger partial charge < -0.3 is 19.4 Å². The first-order chi connectivity index (χ1) is 15.3. The second kappa shape index (κ2) is 7.68. The van der Waals surface area contributed by atoms with E-state index in [0.29, 0.717) is 28.3 Å². The molecular formula is C20H17ClF2N6O3. The fourth-order valence-corrected chi connectivity index (χ4v) is 4.10. The monoisotopic (exact) mass is 462 g/mol. The molecule has 0 saturated heterocycles. The van der Waals surface area contributed by atoms with Gasteiger partial charge in [0.05, 0.1) is 28.3 Å². The number of oxazole rings is 1. The molecule has 0 aliphatic carbocycles. The zero-order valence-electron chi connectivity index (χ0n) is 16.7. The summed E-state index contributed by atoms with van der Waals surface area (Å²) < 4.78 is 34.1. The minimum Gasteiger partial charge on any atom is -0.432 e. The van der Waals surface area contributed by atoms with Crippen LogP contribution in [0.25, 0.3) is 5.52 Å². The number of aromatic amines is 1. The van der Waals surface area contributed by atoms with Crippen LogP contribution in [0.3, 0.4) is 0 Å². The third kappa shape index (κ3) is 3.24. The summed E-state index contributed by atoms with van der Waals surface area (Å²) in [6.45, 7) is 1.52. The van der Waals surface area contributed by atoms with Gasteiger partial charge in [0, 0.05) is 24.9 Å². The molecule has 0 unspecified atom stereocenters. The van der Waals surface area contributed by atoms with E-state index < -0.39 is 35.9 Å². The number of aromatic nitrogens is 5. The third-order valence-electron chi connectivity index (χ3n) is 5.36. The van der Waals surface area contributed by atoms with Crippen LogP contribution in [0.1, 0.15) is 64.7 Å². The van der Waals surface area contributed by atoms with Gasteiger partial charge >= 0.3 is 0 Å². The Bertz CT molecular complexity index is 1310. The molecule has 5 heterocycles. The SMILES string of the molecule is C[C@@H](O)c1nc(C(F)F)c(C(=O)N2CCc3[nH]cnc3[C@H]2c2cc3c(Cl)cccn3n2)o1. The maximum absolute atomic E-state index is 13.6. The van der Waals surface area contributed by atoms with Gasteiger partial charge in [0.1, 0.15) is 12.1 Å². The summed E-state index contributed by atoms with van der Waals surface area (Å²) in [6.07, 6.45) is -0.634. The van der Waals surface area contributed by atoms with Crippen molar-refractivity contribution in [1.29, 1.82) is 0 Å². The summed E-state index contributed by atoms with van der Waals surface area (Å²) in [4.78, 5) is 25.8.